The van der Waals surface area contributed by atoms with Gasteiger partial charge < -0.3 is 14.4 Å². The molecule has 14 nitrogen and oxygen atoms in total. The third-order valence-corrected chi connectivity index (χ3v) is 23.4. The fourth-order valence-electron chi connectivity index (χ4n) is 15.5. The molecule has 11 aromatic rings. The SMILES string of the molecule is C#CC(=O)N(Cc1ccc2c(c1)OCO2)C(C(=O)CCc1ccccc1)c1ccccc1F.C#CC(=O)N(c1ccc2ccccc2c1)C(C(=O)CC1CCCC1)c1ccccc1.C#CC(=O)N(c1cccc(C(F)(F)F)c1)C(C(=O)CC1CCCCC1)c1cccs1.C#CC(=O)N(c1cccc(C(F)(F)F)c1)C(C(=O)CCc1ccccc1)c1cccs1. The lowest BCUT2D eigenvalue weighted by atomic mass is 9.84. The smallest absolute Gasteiger partial charge is 0.416 e. The van der Waals surface area contributed by atoms with Gasteiger partial charge in [-0.1, -0.05) is 228 Å². The van der Waals surface area contributed by atoms with Crippen LogP contribution in [0.5, 0.6) is 11.5 Å². The number of hydrogen-bond donors (Lipinski definition) is 0. The minimum absolute atomic E-state index is 0.00967. The second kappa shape index (κ2) is 43.9. The molecule has 3 heterocycles. The van der Waals surface area contributed by atoms with Crippen molar-refractivity contribution in [2.45, 2.75) is 139 Å². The summed E-state index contributed by atoms with van der Waals surface area (Å²) >= 11 is 2.51. The predicted molar refractivity (Wildman–Crippen MR) is 468 cm³/mol. The van der Waals surface area contributed by atoms with E-state index in [1.807, 2.05) is 145 Å². The number of fused-ring (bicyclic) bond motifs is 2. The summed E-state index contributed by atoms with van der Waals surface area (Å²) in [5.41, 5.74) is 2.19. The average molecular weight is 1710 g/mol. The number of amides is 4. The van der Waals surface area contributed by atoms with Gasteiger partial charge in [0, 0.05) is 64.6 Å². The normalized spacial score (nSPS) is 13.8. The van der Waals surface area contributed by atoms with E-state index >= 15 is 0 Å². The first-order valence-corrected chi connectivity index (χ1v) is 42.0. The van der Waals surface area contributed by atoms with E-state index in [1.54, 1.807) is 59.3 Å². The molecule has 124 heavy (non-hydrogen) atoms. The zero-order valence-corrected chi connectivity index (χ0v) is 69.1. The van der Waals surface area contributed by atoms with Crippen LogP contribution in [0.1, 0.15) is 156 Å². The lowest BCUT2D eigenvalue weighted by molar-refractivity contribution is -0.138. The summed E-state index contributed by atoms with van der Waals surface area (Å²) in [6.07, 6.45) is 24.0. The van der Waals surface area contributed by atoms with Crippen molar-refractivity contribution in [3.05, 3.63) is 314 Å². The van der Waals surface area contributed by atoms with E-state index in [4.69, 9.17) is 35.2 Å². The van der Waals surface area contributed by atoms with Crippen molar-refractivity contribution in [2.75, 3.05) is 21.5 Å². The molecule has 2 saturated carbocycles. The van der Waals surface area contributed by atoms with E-state index in [1.165, 1.54) is 87.8 Å². The number of anilines is 3. The Bertz CT molecular complexity index is 5710. The molecule has 1 aliphatic heterocycles. The number of hydrogen-bond acceptors (Lipinski definition) is 12. The molecule has 23 heteroatoms. The average Bonchev–Trinajstić information content (AvgIpc) is 1.40. The lowest BCUT2D eigenvalue weighted by Crippen LogP contribution is -2.39. The van der Waals surface area contributed by atoms with E-state index in [2.05, 4.69) is 11.8 Å². The monoisotopic (exact) mass is 1710 g/mol. The quantitative estimate of drug-likeness (QED) is 0.0357. The first-order chi connectivity index (χ1) is 59.8. The molecule has 4 unspecified atom stereocenters. The van der Waals surface area contributed by atoms with Gasteiger partial charge >= 0.3 is 30.1 Å². The van der Waals surface area contributed by atoms with Gasteiger partial charge in [0.05, 0.1) is 11.1 Å². The van der Waals surface area contributed by atoms with Crippen molar-refractivity contribution < 1.29 is 78.6 Å². The Morgan fingerprint density at radius 3 is 1.32 bits per heavy atom. The number of nitrogens with zero attached hydrogens (tertiary/aromatic N) is 4. The van der Waals surface area contributed by atoms with Gasteiger partial charge in [-0.3, -0.25) is 53.1 Å². The van der Waals surface area contributed by atoms with Crippen LogP contribution < -0.4 is 24.2 Å². The van der Waals surface area contributed by atoms with E-state index < -0.39 is 77.1 Å². The zero-order valence-electron chi connectivity index (χ0n) is 67.5. The molecule has 0 saturated heterocycles. The van der Waals surface area contributed by atoms with Gasteiger partial charge in [0.25, 0.3) is 5.91 Å². The third kappa shape index (κ3) is 24.2. The van der Waals surface area contributed by atoms with Gasteiger partial charge in [-0.15, -0.1) is 48.4 Å². The van der Waals surface area contributed by atoms with Crippen LogP contribution in [0.2, 0.25) is 0 Å². The standard InChI is InChI=1S/C27H22FNO4.C27H25NO2.C24H18F3NO2S.C23H22F3NO2S/c1-2-26(31)29(17-20-13-15-24-25(16-20)33-18-32-24)27(21-10-6-7-11-22(21)28)23(30)14-12-19-8-4-3-5-9-19;1-2-26(30)28(24-17-16-21-12-8-9-15-23(21)19-24)27(22-13-4-3-5-14-22)25(29)18-20-10-6-7-11-20;1-2-22(30)28(19-11-6-10-18(16-19)24(25,26)27)23(21-12-7-15-31-21)20(29)14-13-17-8-4-3-5-9-17;1-2-21(29)27(18-11-6-10-17(15-18)23(24,25)26)22(20-12-7-13-30-20)19(28)14-16-8-4-3-5-9-16/h1,3-11,13,15-16,27H,12,14,17-18H2;1,3-5,8-9,12-17,19-20,27H,6-7,10-11,18H2;1,3-12,15-16,23H,13-14H2;1,6-7,10-13,15-16,22H,3-5,8-9,14H2. The van der Waals surface area contributed by atoms with Crippen LogP contribution in [0.3, 0.4) is 0 Å². The van der Waals surface area contributed by atoms with Gasteiger partial charge in [-0.2, -0.15) is 26.3 Å². The van der Waals surface area contributed by atoms with Crippen molar-refractivity contribution in [3.63, 3.8) is 0 Å². The number of ether oxygens (including phenoxy) is 2. The van der Waals surface area contributed by atoms with Crippen molar-refractivity contribution >= 4 is 97.3 Å². The van der Waals surface area contributed by atoms with Gasteiger partial charge in [0.15, 0.2) is 34.6 Å². The molecule has 0 N–H and O–H groups in total. The maximum atomic E-state index is 14.8. The summed E-state index contributed by atoms with van der Waals surface area (Å²) < 4.78 is 105. The second-order valence-electron chi connectivity index (χ2n) is 29.8. The van der Waals surface area contributed by atoms with Crippen LogP contribution in [-0.2, 0) is 70.1 Å². The van der Waals surface area contributed by atoms with Crippen molar-refractivity contribution in [1.82, 2.24) is 4.90 Å². The molecular formula is C101H87F7N4O10S2. The van der Waals surface area contributed by atoms with Crippen LogP contribution in [-0.4, -0.2) is 58.5 Å². The van der Waals surface area contributed by atoms with Gasteiger partial charge in [-0.05, 0) is 171 Å². The molecule has 4 amide bonds. The summed E-state index contributed by atoms with van der Waals surface area (Å²) in [5, 5.41) is 5.57. The minimum atomic E-state index is -4.60. The Hall–Kier alpha value is -13.5. The fraction of sp³-hybridized carbons (Fsp3) is 0.248. The molecule has 3 aliphatic rings. The molecule has 0 spiro atoms. The van der Waals surface area contributed by atoms with Gasteiger partial charge in [0.2, 0.25) is 6.79 Å². The number of carbonyl (C=O) groups excluding carboxylic acids is 8. The van der Waals surface area contributed by atoms with Crippen LogP contribution in [0.25, 0.3) is 10.8 Å². The molecule has 0 bridgehead atoms. The maximum absolute atomic E-state index is 14.8. The fourth-order valence-corrected chi connectivity index (χ4v) is 17.2. The molecule has 0 radical (unpaired) electrons. The number of carbonyl (C=O) groups is 8. The number of ketones is 4. The molecule has 4 atom stereocenters. The highest BCUT2D eigenvalue weighted by atomic mass is 32.1. The number of rotatable bonds is 27. The van der Waals surface area contributed by atoms with Crippen LogP contribution >= 0.6 is 22.7 Å². The zero-order chi connectivity index (χ0) is 88.3. The van der Waals surface area contributed by atoms with Crippen molar-refractivity contribution in [2.24, 2.45) is 11.8 Å². The number of benzene rings is 9. The molecule has 2 aromatic heterocycles. The number of thiophene rings is 2. The molecule has 2 aliphatic carbocycles. The topological polar surface area (TPSA) is 168 Å². The Kier molecular flexibility index (Phi) is 32.3. The number of Topliss-reactive ketones (excluding diaryl/α,β-unsaturated/α-hetero) is 4. The molecule has 14 rings (SSSR count). The Morgan fingerprint density at radius 1 is 0.395 bits per heavy atom. The summed E-state index contributed by atoms with van der Waals surface area (Å²) in [6, 6.07) is 64.6. The highest BCUT2D eigenvalue weighted by Gasteiger charge is 2.40. The van der Waals surface area contributed by atoms with E-state index in [-0.39, 0.29) is 78.6 Å². The second-order valence-corrected chi connectivity index (χ2v) is 31.8. The third-order valence-electron chi connectivity index (χ3n) is 21.5. The van der Waals surface area contributed by atoms with E-state index in [9.17, 15) is 69.1 Å². The lowest BCUT2D eigenvalue weighted by Gasteiger charge is -2.31. The van der Waals surface area contributed by atoms with Crippen LogP contribution in [0.15, 0.2) is 259 Å². The number of halogens is 7. The first-order valence-electron chi connectivity index (χ1n) is 40.3. The van der Waals surface area contributed by atoms with Gasteiger partial charge in [-0.25, -0.2) is 4.39 Å². The maximum Gasteiger partial charge on any atom is 0.416 e. The largest absolute Gasteiger partial charge is 0.454 e. The summed E-state index contributed by atoms with van der Waals surface area (Å²) in [4.78, 5) is 111. The Balaban J connectivity index is 0.000000161. The highest BCUT2D eigenvalue weighted by molar-refractivity contribution is 7.10. The summed E-state index contributed by atoms with van der Waals surface area (Å²) in [6.45, 7) is 0.122. The summed E-state index contributed by atoms with van der Waals surface area (Å²) in [5.74, 6) is 5.75. The minimum Gasteiger partial charge on any atom is -0.454 e. The van der Waals surface area contributed by atoms with Gasteiger partial charge in [0.1, 0.15) is 30.0 Å². The molecule has 2 fully saturated rings. The van der Waals surface area contributed by atoms with Crippen molar-refractivity contribution in [1.29, 1.82) is 0 Å². The summed E-state index contributed by atoms with van der Waals surface area (Å²) in [7, 11) is 0. The molecular weight excluding hydrogens is 1630 g/mol. The first kappa shape index (κ1) is 91.3. The van der Waals surface area contributed by atoms with Crippen LogP contribution in [0, 0.1) is 67.0 Å². The number of terminal acetylenes is 4. The molecule has 632 valence electrons. The van der Waals surface area contributed by atoms with E-state index in [0.29, 0.717) is 57.7 Å². The Morgan fingerprint density at radius 2 is 0.831 bits per heavy atom. The number of aryl methyl sites for hydroxylation is 2. The highest BCUT2D eigenvalue weighted by Crippen LogP contribution is 2.43. The van der Waals surface area contributed by atoms with Crippen LogP contribution in [0.4, 0.5) is 47.8 Å². The van der Waals surface area contributed by atoms with E-state index in [0.717, 1.165) is 106 Å². The molecule has 9 aromatic carbocycles. The predicted octanol–water partition coefficient (Wildman–Crippen LogP) is 21.8. The Labute approximate surface area is 724 Å². The number of alkyl halides is 6. The van der Waals surface area contributed by atoms with Crippen molar-refractivity contribution in [3.8, 4) is 60.9 Å².